The van der Waals surface area contributed by atoms with Gasteiger partial charge in [-0.05, 0) is 55.7 Å². The number of rotatable bonds is 2. The predicted octanol–water partition coefficient (Wildman–Crippen LogP) is 5.33. The average molecular weight is 251 g/mol. The summed E-state index contributed by atoms with van der Waals surface area (Å²) in [4.78, 5) is 0. The molecular weight excluding hydrogens is 228 g/mol. The monoisotopic (exact) mass is 250 g/mol. The Morgan fingerprint density at radius 1 is 1.12 bits per heavy atom. The summed E-state index contributed by atoms with van der Waals surface area (Å²) >= 11 is 6.77. The van der Waals surface area contributed by atoms with Gasteiger partial charge in [0, 0.05) is 0 Å². The molecule has 0 aromatic heterocycles. The number of hydrogen-bond acceptors (Lipinski definition) is 0. The Bertz CT molecular complexity index is 385. The third-order valence-electron chi connectivity index (χ3n) is 4.32. The van der Waals surface area contributed by atoms with Crippen LogP contribution in [0, 0.1) is 32.6 Å². The molecule has 2 rings (SSSR count). The van der Waals surface area contributed by atoms with Gasteiger partial charge < -0.3 is 0 Å². The highest BCUT2D eigenvalue weighted by atomic mass is 35.5. The van der Waals surface area contributed by atoms with Crippen LogP contribution in [0.5, 0.6) is 0 Å². The molecule has 0 bridgehead atoms. The van der Waals surface area contributed by atoms with Crippen LogP contribution in [0.3, 0.4) is 0 Å². The highest BCUT2D eigenvalue weighted by molar-refractivity contribution is 6.21. The lowest BCUT2D eigenvalue weighted by molar-refractivity contribution is 0.404. The van der Waals surface area contributed by atoms with Crippen LogP contribution >= 0.6 is 11.6 Å². The minimum atomic E-state index is 0.202. The van der Waals surface area contributed by atoms with E-state index >= 15 is 0 Å². The zero-order valence-electron chi connectivity index (χ0n) is 11.4. The maximum absolute atomic E-state index is 6.77. The van der Waals surface area contributed by atoms with Gasteiger partial charge in [0.15, 0.2) is 0 Å². The van der Waals surface area contributed by atoms with E-state index in [-0.39, 0.29) is 5.38 Å². The molecule has 94 valence electrons. The van der Waals surface area contributed by atoms with Gasteiger partial charge in [-0.1, -0.05) is 37.5 Å². The van der Waals surface area contributed by atoms with E-state index in [1.54, 1.807) is 0 Å². The maximum Gasteiger partial charge on any atom is 0.0621 e. The smallest absolute Gasteiger partial charge is 0.0621 e. The van der Waals surface area contributed by atoms with E-state index in [9.17, 15) is 0 Å². The van der Waals surface area contributed by atoms with Crippen molar-refractivity contribution in [2.75, 3.05) is 0 Å². The number of aryl methyl sites for hydroxylation is 3. The fraction of sp³-hybridized carbons (Fsp3) is 0.625. The summed E-state index contributed by atoms with van der Waals surface area (Å²) in [6.07, 6.45) is 3.99. The number of benzene rings is 1. The quantitative estimate of drug-likeness (QED) is 0.623. The molecule has 0 radical (unpaired) electrons. The Hall–Kier alpha value is -0.490. The van der Waals surface area contributed by atoms with Gasteiger partial charge in [0.05, 0.1) is 5.38 Å². The summed E-state index contributed by atoms with van der Waals surface area (Å²) in [6.45, 7) is 8.91. The Labute approximate surface area is 110 Å². The van der Waals surface area contributed by atoms with Gasteiger partial charge in [0.1, 0.15) is 0 Å². The van der Waals surface area contributed by atoms with Crippen LogP contribution in [0.25, 0.3) is 0 Å². The molecular formula is C16H23Cl. The lowest BCUT2D eigenvalue weighted by Gasteiger charge is -2.25. The summed E-state index contributed by atoms with van der Waals surface area (Å²) < 4.78 is 0. The summed E-state index contributed by atoms with van der Waals surface area (Å²) in [7, 11) is 0. The molecule has 0 N–H and O–H groups in total. The van der Waals surface area contributed by atoms with Crippen molar-refractivity contribution in [3.63, 3.8) is 0 Å². The highest BCUT2D eigenvalue weighted by Gasteiger charge is 2.31. The lowest BCUT2D eigenvalue weighted by atomic mass is 9.86. The van der Waals surface area contributed by atoms with Gasteiger partial charge in [-0.25, -0.2) is 0 Å². The Balaban J connectivity index is 2.33. The molecule has 1 saturated carbocycles. The van der Waals surface area contributed by atoms with Crippen molar-refractivity contribution in [1.82, 2.24) is 0 Å². The zero-order valence-corrected chi connectivity index (χ0v) is 12.1. The van der Waals surface area contributed by atoms with Crippen molar-refractivity contribution in [3.05, 3.63) is 34.4 Å². The minimum Gasteiger partial charge on any atom is -0.117 e. The third kappa shape index (κ3) is 2.52. The van der Waals surface area contributed by atoms with Crippen molar-refractivity contribution < 1.29 is 0 Å². The first-order valence-corrected chi connectivity index (χ1v) is 7.16. The van der Waals surface area contributed by atoms with Crippen LogP contribution in [-0.4, -0.2) is 0 Å². The average Bonchev–Trinajstić information content (AvgIpc) is 2.62. The second kappa shape index (κ2) is 5.02. The molecule has 1 aliphatic carbocycles. The normalized spacial score (nSPS) is 26.2. The van der Waals surface area contributed by atoms with Crippen LogP contribution in [-0.2, 0) is 0 Å². The standard InChI is InChI=1S/C16H23Cl/c1-10-8-12(3)15(13(4)9-10)16(17)14-7-5-6-11(14)2/h8-9,11,14,16H,5-7H2,1-4H3. The van der Waals surface area contributed by atoms with Crippen molar-refractivity contribution in [2.24, 2.45) is 11.8 Å². The molecule has 0 spiro atoms. The Morgan fingerprint density at radius 2 is 1.71 bits per heavy atom. The largest absolute Gasteiger partial charge is 0.117 e. The van der Waals surface area contributed by atoms with E-state index in [1.807, 2.05) is 0 Å². The molecule has 0 amide bonds. The first-order valence-electron chi connectivity index (χ1n) is 6.72. The maximum atomic E-state index is 6.77. The van der Waals surface area contributed by atoms with Gasteiger partial charge in [0.25, 0.3) is 0 Å². The van der Waals surface area contributed by atoms with E-state index < -0.39 is 0 Å². The van der Waals surface area contributed by atoms with E-state index in [0.717, 1.165) is 5.92 Å². The molecule has 1 aromatic rings. The predicted molar refractivity (Wildman–Crippen MR) is 75.8 cm³/mol. The van der Waals surface area contributed by atoms with Crippen molar-refractivity contribution >= 4 is 11.6 Å². The number of hydrogen-bond donors (Lipinski definition) is 0. The first kappa shape index (κ1) is 13.0. The van der Waals surface area contributed by atoms with Crippen LogP contribution in [0.2, 0.25) is 0 Å². The van der Waals surface area contributed by atoms with E-state index in [1.165, 1.54) is 41.5 Å². The Kier molecular flexibility index (Phi) is 3.82. The molecule has 1 fully saturated rings. The van der Waals surface area contributed by atoms with Gasteiger partial charge >= 0.3 is 0 Å². The molecule has 0 nitrogen and oxygen atoms in total. The SMILES string of the molecule is Cc1cc(C)c(C(Cl)C2CCCC2C)c(C)c1. The molecule has 3 unspecified atom stereocenters. The molecule has 0 heterocycles. The molecule has 1 aromatic carbocycles. The summed E-state index contributed by atoms with van der Waals surface area (Å²) in [5.74, 6) is 1.44. The molecule has 1 aliphatic rings. The minimum absolute atomic E-state index is 0.202. The van der Waals surface area contributed by atoms with Gasteiger partial charge in [0.2, 0.25) is 0 Å². The lowest BCUT2D eigenvalue weighted by Crippen LogP contribution is -2.13. The van der Waals surface area contributed by atoms with Gasteiger partial charge in [-0.15, -0.1) is 11.6 Å². The fourth-order valence-corrected chi connectivity index (χ4v) is 4.17. The molecule has 1 heteroatoms. The van der Waals surface area contributed by atoms with Crippen LogP contribution in [0.15, 0.2) is 12.1 Å². The van der Waals surface area contributed by atoms with Crippen LogP contribution in [0.4, 0.5) is 0 Å². The van der Waals surface area contributed by atoms with E-state index in [4.69, 9.17) is 11.6 Å². The molecule has 0 aliphatic heterocycles. The fourth-order valence-electron chi connectivity index (χ4n) is 3.45. The van der Waals surface area contributed by atoms with Crippen molar-refractivity contribution in [3.8, 4) is 0 Å². The number of alkyl halides is 1. The second-order valence-corrected chi connectivity index (χ2v) is 6.26. The summed E-state index contributed by atoms with van der Waals surface area (Å²) in [5.41, 5.74) is 5.45. The Morgan fingerprint density at radius 3 is 2.18 bits per heavy atom. The van der Waals surface area contributed by atoms with Crippen molar-refractivity contribution in [2.45, 2.75) is 52.3 Å². The molecule has 3 atom stereocenters. The molecule has 17 heavy (non-hydrogen) atoms. The van der Waals surface area contributed by atoms with Gasteiger partial charge in [-0.3, -0.25) is 0 Å². The zero-order chi connectivity index (χ0) is 12.6. The van der Waals surface area contributed by atoms with Crippen LogP contribution in [0.1, 0.15) is 53.8 Å². The van der Waals surface area contributed by atoms with E-state index in [0.29, 0.717) is 5.92 Å². The van der Waals surface area contributed by atoms with Crippen LogP contribution < -0.4 is 0 Å². The summed E-state index contributed by atoms with van der Waals surface area (Å²) in [5, 5.41) is 0.202. The van der Waals surface area contributed by atoms with E-state index in [2.05, 4.69) is 39.8 Å². The van der Waals surface area contributed by atoms with Crippen molar-refractivity contribution in [1.29, 1.82) is 0 Å². The highest BCUT2D eigenvalue weighted by Crippen LogP contribution is 2.45. The van der Waals surface area contributed by atoms with Gasteiger partial charge in [-0.2, -0.15) is 0 Å². The first-order chi connectivity index (χ1) is 8.00. The second-order valence-electron chi connectivity index (χ2n) is 5.79. The molecule has 0 saturated heterocycles. The number of halogens is 1. The summed E-state index contributed by atoms with van der Waals surface area (Å²) in [6, 6.07) is 4.52. The third-order valence-corrected chi connectivity index (χ3v) is 4.86. The topological polar surface area (TPSA) is 0 Å².